The Morgan fingerprint density at radius 2 is 1.93 bits per heavy atom. The number of aryl methyl sites for hydroxylation is 1. The molecule has 0 saturated carbocycles. The second kappa shape index (κ2) is 8.24. The molecule has 3 N–H and O–H groups in total. The Bertz CT molecular complexity index is 1120. The number of thiazole rings is 1. The molecule has 2 aromatic carbocycles. The van der Waals surface area contributed by atoms with Gasteiger partial charge in [0.1, 0.15) is 17.7 Å². The van der Waals surface area contributed by atoms with Crippen LogP contribution in [-0.2, 0) is 0 Å². The summed E-state index contributed by atoms with van der Waals surface area (Å²) in [5.74, 6) is 1.45. The average Bonchev–Trinajstić information content (AvgIpc) is 3.37. The Kier molecular flexibility index (Phi) is 5.53. The van der Waals surface area contributed by atoms with Crippen molar-refractivity contribution >= 4 is 33.8 Å². The number of hydrogen-bond donors (Lipinski definition) is 3. The van der Waals surface area contributed by atoms with Crippen molar-refractivity contribution in [2.75, 3.05) is 12.4 Å². The van der Waals surface area contributed by atoms with E-state index in [-0.39, 0.29) is 0 Å². The number of nitrogens with zero attached hydrogens (tertiary/aromatic N) is 2. The number of benzene rings is 2. The highest BCUT2D eigenvalue weighted by atomic mass is 35.5. The summed E-state index contributed by atoms with van der Waals surface area (Å²) in [5.41, 5.74) is 3.46. The molecular formula is C21H19ClN4O2S. The largest absolute Gasteiger partial charge is 0.496 e. The number of aliphatic hydroxyl groups excluding tert-OH is 1. The quantitative estimate of drug-likeness (QED) is 0.388. The molecule has 0 fully saturated rings. The van der Waals surface area contributed by atoms with Gasteiger partial charge in [-0.05, 0) is 36.8 Å². The first-order valence-electron chi connectivity index (χ1n) is 8.90. The minimum Gasteiger partial charge on any atom is -0.496 e. The molecular weight excluding hydrogens is 408 g/mol. The van der Waals surface area contributed by atoms with Crippen molar-refractivity contribution in [3.63, 3.8) is 0 Å². The van der Waals surface area contributed by atoms with Crippen LogP contribution in [-0.4, -0.2) is 27.2 Å². The summed E-state index contributed by atoms with van der Waals surface area (Å²) in [6.45, 7) is 1.96. The number of halogens is 1. The standard InChI is InChI=1S/C21H19ClN4O2S/c1-12-10-23-20(25-12)16-8-7-15(9-17(16)28-2)26-21-24-11-18(29-21)19(27)13-3-5-14(22)6-4-13/h3-11,19,27H,1-2H3,(H,23,25)(H,24,26). The fraction of sp³-hybridized carbons (Fsp3) is 0.143. The van der Waals surface area contributed by atoms with Crippen LogP contribution >= 0.6 is 22.9 Å². The predicted octanol–water partition coefficient (Wildman–Crippen LogP) is 5.33. The van der Waals surface area contributed by atoms with Crippen molar-refractivity contribution in [2.24, 2.45) is 0 Å². The van der Waals surface area contributed by atoms with Crippen LogP contribution in [0.1, 0.15) is 22.2 Å². The number of nitrogens with one attached hydrogen (secondary N) is 2. The second-order valence-corrected chi connectivity index (χ2v) is 7.98. The molecule has 6 nitrogen and oxygen atoms in total. The van der Waals surface area contributed by atoms with Gasteiger partial charge in [0.05, 0.1) is 17.6 Å². The van der Waals surface area contributed by atoms with Crippen LogP contribution in [0.2, 0.25) is 5.02 Å². The van der Waals surface area contributed by atoms with E-state index in [1.54, 1.807) is 43.8 Å². The lowest BCUT2D eigenvalue weighted by Gasteiger charge is -2.10. The second-order valence-electron chi connectivity index (χ2n) is 6.48. The van der Waals surface area contributed by atoms with Crippen LogP contribution in [0.4, 0.5) is 10.8 Å². The van der Waals surface area contributed by atoms with E-state index in [4.69, 9.17) is 16.3 Å². The molecule has 1 atom stereocenters. The van der Waals surface area contributed by atoms with Gasteiger partial charge >= 0.3 is 0 Å². The molecule has 148 valence electrons. The monoisotopic (exact) mass is 426 g/mol. The topological polar surface area (TPSA) is 83.1 Å². The zero-order chi connectivity index (χ0) is 20.4. The van der Waals surface area contributed by atoms with Gasteiger partial charge < -0.3 is 20.1 Å². The molecule has 8 heteroatoms. The summed E-state index contributed by atoms with van der Waals surface area (Å²) in [7, 11) is 1.63. The maximum absolute atomic E-state index is 10.6. The fourth-order valence-electron chi connectivity index (χ4n) is 2.92. The third kappa shape index (κ3) is 4.27. The van der Waals surface area contributed by atoms with Crippen molar-refractivity contribution in [3.8, 4) is 17.1 Å². The molecule has 0 aliphatic rings. The van der Waals surface area contributed by atoms with Crippen molar-refractivity contribution in [3.05, 3.63) is 76.0 Å². The minimum atomic E-state index is -0.751. The van der Waals surface area contributed by atoms with Crippen LogP contribution < -0.4 is 10.1 Å². The number of hydrogen-bond acceptors (Lipinski definition) is 6. The number of ether oxygens (including phenoxy) is 1. The van der Waals surface area contributed by atoms with E-state index in [1.165, 1.54) is 11.3 Å². The summed E-state index contributed by atoms with van der Waals surface area (Å²) in [4.78, 5) is 12.7. The summed E-state index contributed by atoms with van der Waals surface area (Å²) in [6.07, 6.45) is 2.70. The lowest BCUT2D eigenvalue weighted by Crippen LogP contribution is -1.96. The van der Waals surface area contributed by atoms with Gasteiger partial charge in [0.15, 0.2) is 5.13 Å². The molecule has 4 aromatic rings. The fourth-order valence-corrected chi connectivity index (χ4v) is 3.89. The number of methoxy groups -OCH3 is 1. The number of aromatic amines is 1. The van der Waals surface area contributed by atoms with Crippen molar-refractivity contribution in [1.29, 1.82) is 0 Å². The average molecular weight is 427 g/mol. The lowest BCUT2D eigenvalue weighted by atomic mass is 10.1. The smallest absolute Gasteiger partial charge is 0.187 e. The first-order chi connectivity index (χ1) is 14.0. The zero-order valence-corrected chi connectivity index (χ0v) is 17.4. The number of H-pyrrole nitrogens is 1. The molecule has 0 radical (unpaired) electrons. The molecule has 1 unspecified atom stereocenters. The van der Waals surface area contributed by atoms with Gasteiger partial charge in [0.25, 0.3) is 0 Å². The lowest BCUT2D eigenvalue weighted by molar-refractivity contribution is 0.224. The van der Waals surface area contributed by atoms with Crippen LogP contribution in [0, 0.1) is 6.92 Å². The van der Waals surface area contributed by atoms with E-state index in [1.807, 2.05) is 25.1 Å². The predicted molar refractivity (Wildman–Crippen MR) is 116 cm³/mol. The van der Waals surface area contributed by atoms with Crippen molar-refractivity contribution in [1.82, 2.24) is 15.0 Å². The van der Waals surface area contributed by atoms with Crippen LogP contribution in [0.15, 0.2) is 54.9 Å². The normalized spacial score (nSPS) is 12.0. The van der Waals surface area contributed by atoms with Gasteiger partial charge in [-0.3, -0.25) is 0 Å². The number of imidazole rings is 1. The molecule has 2 heterocycles. The molecule has 29 heavy (non-hydrogen) atoms. The van der Waals surface area contributed by atoms with E-state index in [0.717, 1.165) is 33.2 Å². The first-order valence-corrected chi connectivity index (χ1v) is 10.1. The molecule has 0 spiro atoms. The molecule has 4 rings (SSSR count). The summed E-state index contributed by atoms with van der Waals surface area (Å²) in [5, 5.41) is 15.2. The van der Waals surface area contributed by atoms with E-state index in [2.05, 4.69) is 20.3 Å². The molecule has 0 amide bonds. The third-order valence-corrected chi connectivity index (χ3v) is 5.61. The molecule has 2 aromatic heterocycles. The number of aliphatic hydroxyl groups is 1. The van der Waals surface area contributed by atoms with Gasteiger partial charge in [-0.1, -0.05) is 35.1 Å². The van der Waals surface area contributed by atoms with Crippen molar-refractivity contribution < 1.29 is 9.84 Å². The zero-order valence-electron chi connectivity index (χ0n) is 15.8. The highest BCUT2D eigenvalue weighted by Gasteiger charge is 2.15. The summed E-state index contributed by atoms with van der Waals surface area (Å²) >= 11 is 7.30. The third-order valence-electron chi connectivity index (χ3n) is 4.39. The SMILES string of the molecule is COc1cc(Nc2ncc(C(O)c3ccc(Cl)cc3)s2)ccc1-c1ncc(C)[nH]1. The van der Waals surface area contributed by atoms with Gasteiger partial charge in [-0.2, -0.15) is 0 Å². The number of rotatable bonds is 6. The molecule has 0 aliphatic carbocycles. The van der Waals surface area contributed by atoms with Crippen LogP contribution in [0.5, 0.6) is 5.75 Å². The Balaban J connectivity index is 1.53. The maximum atomic E-state index is 10.6. The van der Waals surface area contributed by atoms with E-state index in [9.17, 15) is 5.11 Å². The highest BCUT2D eigenvalue weighted by molar-refractivity contribution is 7.15. The van der Waals surface area contributed by atoms with E-state index < -0.39 is 6.10 Å². The Labute approximate surface area is 177 Å². The maximum Gasteiger partial charge on any atom is 0.187 e. The van der Waals surface area contributed by atoms with Crippen LogP contribution in [0.3, 0.4) is 0 Å². The Hall–Kier alpha value is -2.87. The first kappa shape index (κ1) is 19.4. The van der Waals surface area contributed by atoms with Gasteiger partial charge in [-0.15, -0.1) is 0 Å². The van der Waals surface area contributed by atoms with E-state index in [0.29, 0.717) is 15.9 Å². The van der Waals surface area contributed by atoms with Gasteiger partial charge in [0, 0.05) is 34.9 Å². The Morgan fingerprint density at radius 3 is 2.62 bits per heavy atom. The molecule has 0 saturated heterocycles. The molecule has 0 bridgehead atoms. The number of aromatic nitrogens is 3. The minimum absolute atomic E-state index is 0.634. The van der Waals surface area contributed by atoms with Gasteiger partial charge in [-0.25, -0.2) is 9.97 Å². The summed E-state index contributed by atoms with van der Waals surface area (Å²) < 4.78 is 5.53. The summed E-state index contributed by atoms with van der Waals surface area (Å²) in [6, 6.07) is 12.9. The van der Waals surface area contributed by atoms with Crippen LogP contribution in [0.25, 0.3) is 11.4 Å². The van der Waals surface area contributed by atoms with Crippen molar-refractivity contribution in [2.45, 2.75) is 13.0 Å². The van der Waals surface area contributed by atoms with Gasteiger partial charge in [0.2, 0.25) is 0 Å². The highest BCUT2D eigenvalue weighted by Crippen LogP contribution is 2.34. The number of anilines is 2. The molecule has 0 aliphatic heterocycles. The Morgan fingerprint density at radius 1 is 1.14 bits per heavy atom. The van der Waals surface area contributed by atoms with E-state index >= 15 is 0 Å².